The fourth-order valence-electron chi connectivity index (χ4n) is 6.95. The molecule has 84 heavy (non-hydrogen) atoms. The minimum absolute atomic E-state index is 0. The molecule has 4 heterocycles. The molecule has 0 unspecified atom stereocenters. The number of anilines is 4. The quantitative estimate of drug-likeness (QED) is 0.0281. The summed E-state index contributed by atoms with van der Waals surface area (Å²) in [6, 6.07) is 22.0. The molecule has 2 amide bonds. The molecule has 0 spiro atoms. The fourth-order valence-corrected chi connectivity index (χ4v) is 6.95. The minimum atomic E-state index is -1.08. The number of aryl methyl sites for hydroxylation is 2. The zero-order valence-electron chi connectivity index (χ0n) is 48.3. The fraction of sp³-hybridized carbons (Fsp3) is 0.259. The van der Waals surface area contributed by atoms with Gasteiger partial charge in [0.2, 0.25) is 23.7 Å². The van der Waals surface area contributed by atoms with E-state index in [0.29, 0.717) is 49.7 Å². The predicted octanol–water partition coefficient (Wildman–Crippen LogP) is 1.20. The maximum absolute atomic E-state index is 12.2. The molecule has 0 aliphatic heterocycles. The number of aromatic nitrogens is 8. The van der Waals surface area contributed by atoms with Crippen molar-refractivity contribution in [2.45, 2.75) is 46.7 Å². The van der Waals surface area contributed by atoms with Gasteiger partial charge in [-0.25, -0.2) is 39.3 Å². The summed E-state index contributed by atoms with van der Waals surface area (Å²) in [5, 5.41) is 31.3. The number of aliphatic carboxylic acids is 1. The van der Waals surface area contributed by atoms with Crippen LogP contribution in [-0.2, 0) is 47.8 Å². The molecule has 0 saturated carbocycles. The molecule has 0 aliphatic rings. The van der Waals surface area contributed by atoms with Gasteiger partial charge in [0, 0.05) is 124 Å². The molecule has 8 rings (SSSR count). The smallest absolute Gasteiger partial charge is 0.550 e. The first-order valence-corrected chi connectivity index (χ1v) is 25.1. The van der Waals surface area contributed by atoms with Gasteiger partial charge in [0.25, 0.3) is 0 Å². The number of carbonyl (C=O) groups is 5. The number of benzene rings is 4. The molecule has 3 radical (unpaired) electrons. The first-order chi connectivity index (χ1) is 39.1. The molecule has 4 aromatic carbocycles. The van der Waals surface area contributed by atoms with Gasteiger partial charge in [-0.15, -0.1) is 12.8 Å². The van der Waals surface area contributed by atoms with E-state index < -0.39 is 23.9 Å². The van der Waals surface area contributed by atoms with Crippen LogP contribution in [0.1, 0.15) is 45.7 Å². The zero-order valence-corrected chi connectivity index (χ0v) is 50.3. The second-order valence-electron chi connectivity index (χ2n) is 18.1. The topological polar surface area (TPSA) is 310 Å². The third-order valence-electron chi connectivity index (χ3n) is 11.1. The minimum Gasteiger partial charge on any atom is -0.550 e. The molecule has 24 nitrogen and oxygen atoms in total. The van der Waals surface area contributed by atoms with Crippen molar-refractivity contribution in [2.75, 3.05) is 51.0 Å². The van der Waals surface area contributed by atoms with E-state index in [-0.39, 0.29) is 55.8 Å². The number of fused-ring (bicyclic) bond motifs is 2. The third-order valence-corrected chi connectivity index (χ3v) is 11.1. The van der Waals surface area contributed by atoms with Gasteiger partial charge in [0.15, 0.2) is 0 Å². The Labute approximate surface area is 510 Å². The van der Waals surface area contributed by atoms with Crippen LogP contribution in [0.2, 0.25) is 0 Å². The van der Waals surface area contributed by atoms with Gasteiger partial charge in [-0.3, -0.25) is 23.9 Å². The van der Waals surface area contributed by atoms with Gasteiger partial charge in [-0.05, 0) is 107 Å². The van der Waals surface area contributed by atoms with Crippen molar-refractivity contribution in [2.24, 2.45) is 19.8 Å². The van der Waals surface area contributed by atoms with E-state index >= 15 is 0 Å². The van der Waals surface area contributed by atoms with E-state index in [0.717, 1.165) is 87.3 Å². The number of carboxylic acid groups (broad SMARTS) is 1. The maximum Gasteiger partial charge on any atom is 1.00 e. The maximum atomic E-state index is 12.2. The second kappa shape index (κ2) is 34.2. The summed E-state index contributed by atoms with van der Waals surface area (Å²) in [6.07, 6.45) is 21.9. The van der Waals surface area contributed by atoms with Crippen molar-refractivity contribution < 1.29 is 77.9 Å². The van der Waals surface area contributed by atoms with E-state index in [2.05, 4.69) is 73.0 Å². The van der Waals surface area contributed by atoms with Gasteiger partial charge in [0.1, 0.15) is 24.7 Å². The van der Waals surface area contributed by atoms with Crippen LogP contribution in [0.3, 0.4) is 0 Å². The van der Waals surface area contributed by atoms with Crippen molar-refractivity contribution in [3.8, 4) is 58.4 Å². The van der Waals surface area contributed by atoms with Crippen LogP contribution in [0, 0.1) is 24.7 Å². The summed E-state index contributed by atoms with van der Waals surface area (Å²) in [4.78, 5) is 79.9. The number of nitrogens with two attached hydrogens (primary N) is 1. The van der Waals surface area contributed by atoms with E-state index in [1.54, 1.807) is 41.1 Å². The average Bonchev–Trinajstić information content (AvgIpc) is 4.26. The van der Waals surface area contributed by atoms with Crippen molar-refractivity contribution >= 4 is 83.2 Å². The van der Waals surface area contributed by atoms with Crippen LogP contribution in [0.15, 0.2) is 110 Å². The Balaban J connectivity index is 0.000000362. The summed E-state index contributed by atoms with van der Waals surface area (Å²) >= 11 is 0. The number of carbonyl (C=O) groups excluding carboxylic acids is 5. The molecule has 4 aromatic heterocycles. The van der Waals surface area contributed by atoms with Crippen LogP contribution in [0.5, 0.6) is 11.5 Å². The number of carboxylic acids is 1. The molecule has 0 aliphatic carbocycles. The van der Waals surface area contributed by atoms with E-state index in [1.807, 2.05) is 125 Å². The zero-order chi connectivity index (χ0) is 59.9. The number of nitrogens with one attached hydrogen (secondary N) is 4. The van der Waals surface area contributed by atoms with Crippen molar-refractivity contribution in [3.05, 3.63) is 121 Å². The molecular weight excluding hydrogens is 1090 g/mol. The first kappa shape index (κ1) is 68.9. The first-order valence-electron chi connectivity index (χ1n) is 25.1. The number of ether oxygens (including phenoxy) is 2. The van der Waals surface area contributed by atoms with Crippen molar-refractivity contribution in [1.29, 1.82) is 0 Å². The molecule has 26 heteroatoms. The number of likely N-dealkylation sites (N-methyl/N-ethyl adjacent to an activating group) is 1. The standard InChI is InChI=1S/C27H29N7O2.C25H25N7O2.C4H6O4.C2H4O2.B.Na/c1-6-19-7-8-25-21(11-19)15-29-27(32-25)31-23-12-20(22-16-30-34(5)17-22)13-24(14-23)36-10-9-28-26(35)18(2)33(3)4;1-4-17-5-6-23-19(9-17)13-28-25(31-23)30-21-10-18(20-14-29-32(3)15-20)11-22(12-21)34-8-7-27-24(33)16(2)26;1-3(5)7-8-4(2)6;1-2(3)4;;/h1,7-8,11-18H,9-10H2,2-5H3,(H,28,35)(H,29,31,32);1,5-6,9-16H,7-8,26H2,2-3H3,(H,27,33)(H,28,30,31);1-2H3;1H3,(H,3,4);;/q;;;;;+1/p-1/t18-;16-;;;;/m11..../s1. The Morgan fingerprint density at radius 3 is 1.39 bits per heavy atom. The number of nitrogens with zero attached hydrogens (tertiary/aromatic N) is 9. The van der Waals surface area contributed by atoms with E-state index in [1.165, 1.54) is 0 Å². The molecule has 6 N–H and O–H groups in total. The van der Waals surface area contributed by atoms with Crippen LogP contribution in [0.25, 0.3) is 44.1 Å². The van der Waals surface area contributed by atoms with Gasteiger partial charge in [-0.1, -0.05) is 11.8 Å². The normalized spacial score (nSPS) is 10.8. The molecule has 2 atom stereocenters. The number of hydrogen-bond donors (Lipinski definition) is 5. The number of terminal acetylenes is 2. The predicted molar refractivity (Wildman–Crippen MR) is 313 cm³/mol. The Bertz CT molecular complexity index is 3600. The summed E-state index contributed by atoms with van der Waals surface area (Å²) in [5.74, 6) is 4.78. The van der Waals surface area contributed by atoms with Crippen LogP contribution < -0.4 is 71.1 Å². The Hall–Kier alpha value is -9.37. The molecule has 0 fully saturated rings. The monoisotopic (exact) mass is 1150 g/mol. The summed E-state index contributed by atoms with van der Waals surface area (Å²) < 4.78 is 15.4. The van der Waals surface area contributed by atoms with Gasteiger partial charge in [0.05, 0.1) is 48.6 Å². The van der Waals surface area contributed by atoms with E-state index in [9.17, 15) is 19.2 Å². The molecule has 0 bridgehead atoms. The summed E-state index contributed by atoms with van der Waals surface area (Å²) in [6.45, 7) is 8.09. The number of hydrogen-bond acceptors (Lipinski definition) is 20. The third kappa shape index (κ3) is 22.9. The van der Waals surface area contributed by atoms with Crippen molar-refractivity contribution in [1.82, 2.24) is 55.0 Å². The Kier molecular flexibility index (Phi) is 28.0. The van der Waals surface area contributed by atoms with Crippen LogP contribution in [-0.4, -0.2) is 135 Å². The molecule has 0 saturated heterocycles. The Morgan fingerprint density at radius 1 is 0.643 bits per heavy atom. The Morgan fingerprint density at radius 2 is 1.05 bits per heavy atom. The number of rotatable bonds is 17. The molecule has 8 aromatic rings. The molecular formula is C58H63BN14NaO10. The van der Waals surface area contributed by atoms with Crippen molar-refractivity contribution in [3.63, 3.8) is 0 Å². The van der Waals surface area contributed by atoms with E-state index in [4.69, 9.17) is 38.0 Å². The average molecular weight is 1150 g/mol. The van der Waals surface area contributed by atoms with Crippen LogP contribution >= 0.6 is 0 Å². The van der Waals surface area contributed by atoms with Crippen LogP contribution in [0.4, 0.5) is 23.3 Å². The second-order valence-corrected chi connectivity index (χ2v) is 18.1. The van der Waals surface area contributed by atoms with Gasteiger partial charge < -0.3 is 46.4 Å². The van der Waals surface area contributed by atoms with Gasteiger partial charge >= 0.3 is 41.5 Å². The van der Waals surface area contributed by atoms with Gasteiger partial charge in [-0.2, -0.15) is 10.2 Å². The summed E-state index contributed by atoms with van der Waals surface area (Å²) in [5.41, 5.74) is 13.9. The summed E-state index contributed by atoms with van der Waals surface area (Å²) in [7, 11) is 7.47. The largest absolute Gasteiger partial charge is 1.00 e. The number of amides is 2. The SMILES string of the molecule is C#Cc1ccc2nc(Nc3cc(OCCNC(=O)[C@@H](C)N(C)C)cc(-c4cnn(C)c4)c3)ncc2c1.C#Cc1ccc2nc(Nc3cc(OCCNC(=O)[C@@H](C)N)cc(-c4cnn(C)c4)c3)ncc2c1.CC(=O)OOC(C)=O.CC(=O)[O-].[B].[Na+]. The molecule has 429 valence electrons.